The van der Waals surface area contributed by atoms with E-state index in [9.17, 15) is 4.79 Å². The molecule has 0 atom stereocenters. The van der Waals surface area contributed by atoms with Crippen molar-refractivity contribution in [3.05, 3.63) is 95.8 Å². The summed E-state index contributed by atoms with van der Waals surface area (Å²) in [6.45, 7) is 3.89. The minimum atomic E-state index is -0.0338. The molecule has 3 aromatic carbocycles. The fourth-order valence-electron chi connectivity index (χ4n) is 3.67. The van der Waals surface area contributed by atoms with Crippen LogP contribution in [0, 0.1) is 6.92 Å². The highest BCUT2D eigenvalue weighted by molar-refractivity contribution is 5.94. The molecule has 4 aromatic rings. The van der Waals surface area contributed by atoms with Gasteiger partial charge in [-0.15, -0.1) is 0 Å². The van der Waals surface area contributed by atoms with Gasteiger partial charge in [-0.25, -0.2) is 4.98 Å². The lowest BCUT2D eigenvalue weighted by Gasteiger charge is -2.11. The molecule has 0 bridgehead atoms. The standard InChI is InChI=1S/C26H27N3O2/c1-20-9-7-10-21(19-20)26(30)27-16-8-15-25-28-23-13-5-6-14-24(23)29(25)17-18-31-22-11-3-2-4-12-22/h2-7,9-14,19H,8,15-18H2,1H3,(H,27,30). The molecule has 0 saturated carbocycles. The maximum Gasteiger partial charge on any atom is 0.251 e. The second-order valence-electron chi connectivity index (χ2n) is 7.56. The summed E-state index contributed by atoms with van der Waals surface area (Å²) in [6, 6.07) is 25.6. The van der Waals surface area contributed by atoms with Crippen LogP contribution in [0.2, 0.25) is 0 Å². The van der Waals surface area contributed by atoms with Crippen LogP contribution in [0.15, 0.2) is 78.9 Å². The Balaban J connectivity index is 1.36. The molecule has 5 heteroatoms. The summed E-state index contributed by atoms with van der Waals surface area (Å²) in [7, 11) is 0. The van der Waals surface area contributed by atoms with E-state index >= 15 is 0 Å². The van der Waals surface area contributed by atoms with E-state index in [4.69, 9.17) is 9.72 Å². The molecule has 0 radical (unpaired) electrons. The summed E-state index contributed by atoms with van der Waals surface area (Å²) in [4.78, 5) is 17.2. The molecule has 1 heterocycles. The van der Waals surface area contributed by atoms with Gasteiger partial charge < -0.3 is 14.6 Å². The number of nitrogens with one attached hydrogen (secondary N) is 1. The van der Waals surface area contributed by atoms with Crippen LogP contribution in [0.1, 0.15) is 28.2 Å². The number of carbonyl (C=O) groups excluding carboxylic acids is 1. The number of aryl methyl sites for hydroxylation is 2. The minimum absolute atomic E-state index is 0.0338. The van der Waals surface area contributed by atoms with Gasteiger partial charge in [0.1, 0.15) is 18.2 Å². The van der Waals surface area contributed by atoms with Crippen molar-refractivity contribution in [2.24, 2.45) is 0 Å². The van der Waals surface area contributed by atoms with Crippen LogP contribution < -0.4 is 10.1 Å². The van der Waals surface area contributed by atoms with Crippen LogP contribution in [0.25, 0.3) is 11.0 Å². The third-order valence-corrected chi connectivity index (χ3v) is 5.20. The Morgan fingerprint density at radius 3 is 2.65 bits per heavy atom. The Hall–Kier alpha value is -3.60. The van der Waals surface area contributed by atoms with E-state index in [1.807, 2.05) is 79.7 Å². The summed E-state index contributed by atoms with van der Waals surface area (Å²) in [5.41, 5.74) is 3.88. The summed E-state index contributed by atoms with van der Waals surface area (Å²) >= 11 is 0. The topological polar surface area (TPSA) is 56.2 Å². The maximum atomic E-state index is 12.3. The molecule has 1 amide bonds. The van der Waals surface area contributed by atoms with Crippen molar-refractivity contribution < 1.29 is 9.53 Å². The van der Waals surface area contributed by atoms with E-state index in [1.54, 1.807) is 0 Å². The van der Waals surface area contributed by atoms with E-state index in [2.05, 4.69) is 16.0 Å². The number of imidazole rings is 1. The summed E-state index contributed by atoms with van der Waals surface area (Å²) in [5.74, 6) is 1.85. The van der Waals surface area contributed by atoms with Crippen molar-refractivity contribution in [1.82, 2.24) is 14.9 Å². The number of hydrogen-bond acceptors (Lipinski definition) is 3. The third-order valence-electron chi connectivity index (χ3n) is 5.20. The number of amides is 1. The molecule has 0 spiro atoms. The molecule has 0 aliphatic rings. The maximum absolute atomic E-state index is 12.3. The van der Waals surface area contributed by atoms with Gasteiger partial charge in [0.15, 0.2) is 0 Å². The number of aromatic nitrogens is 2. The zero-order valence-corrected chi connectivity index (χ0v) is 17.8. The van der Waals surface area contributed by atoms with Gasteiger partial charge >= 0.3 is 0 Å². The molecule has 5 nitrogen and oxygen atoms in total. The first-order valence-corrected chi connectivity index (χ1v) is 10.7. The van der Waals surface area contributed by atoms with Gasteiger partial charge in [-0.2, -0.15) is 0 Å². The molecular formula is C26H27N3O2. The summed E-state index contributed by atoms with van der Waals surface area (Å²) in [6.07, 6.45) is 1.61. The van der Waals surface area contributed by atoms with Gasteiger partial charge in [-0.1, -0.05) is 48.0 Å². The lowest BCUT2D eigenvalue weighted by molar-refractivity contribution is 0.0953. The van der Waals surface area contributed by atoms with Crippen molar-refractivity contribution in [3.8, 4) is 5.75 Å². The summed E-state index contributed by atoms with van der Waals surface area (Å²) in [5, 5.41) is 3.01. The summed E-state index contributed by atoms with van der Waals surface area (Å²) < 4.78 is 8.12. The second-order valence-corrected chi connectivity index (χ2v) is 7.56. The monoisotopic (exact) mass is 413 g/mol. The van der Waals surface area contributed by atoms with E-state index < -0.39 is 0 Å². The highest BCUT2D eigenvalue weighted by atomic mass is 16.5. The SMILES string of the molecule is Cc1cccc(C(=O)NCCCc2nc3ccccc3n2CCOc2ccccc2)c1. The number of hydrogen-bond donors (Lipinski definition) is 1. The molecular weight excluding hydrogens is 386 g/mol. The number of nitrogens with zero attached hydrogens (tertiary/aromatic N) is 2. The van der Waals surface area contributed by atoms with Crippen LogP contribution in [0.3, 0.4) is 0 Å². The predicted molar refractivity (Wildman–Crippen MR) is 124 cm³/mol. The molecule has 1 N–H and O–H groups in total. The van der Waals surface area contributed by atoms with Gasteiger partial charge in [-0.05, 0) is 49.7 Å². The Bertz CT molecular complexity index is 1150. The van der Waals surface area contributed by atoms with Crippen molar-refractivity contribution >= 4 is 16.9 Å². The van der Waals surface area contributed by atoms with Crippen LogP contribution >= 0.6 is 0 Å². The van der Waals surface area contributed by atoms with Crippen molar-refractivity contribution in [2.45, 2.75) is 26.3 Å². The van der Waals surface area contributed by atoms with Gasteiger partial charge in [-0.3, -0.25) is 4.79 Å². The number of para-hydroxylation sites is 3. The van der Waals surface area contributed by atoms with Crippen molar-refractivity contribution in [1.29, 1.82) is 0 Å². The van der Waals surface area contributed by atoms with Crippen LogP contribution in [0.4, 0.5) is 0 Å². The number of rotatable bonds is 9. The Labute approximate surface area is 182 Å². The van der Waals surface area contributed by atoms with E-state index in [0.29, 0.717) is 18.7 Å². The quantitative estimate of drug-likeness (QED) is 0.402. The van der Waals surface area contributed by atoms with Crippen LogP contribution in [0.5, 0.6) is 5.75 Å². The smallest absolute Gasteiger partial charge is 0.251 e. The highest BCUT2D eigenvalue weighted by Crippen LogP contribution is 2.18. The van der Waals surface area contributed by atoms with Crippen molar-refractivity contribution in [2.75, 3.05) is 13.2 Å². The van der Waals surface area contributed by atoms with Gasteiger partial charge in [0.2, 0.25) is 0 Å². The van der Waals surface area contributed by atoms with Gasteiger partial charge in [0.05, 0.1) is 17.6 Å². The fourth-order valence-corrected chi connectivity index (χ4v) is 3.67. The van der Waals surface area contributed by atoms with Gasteiger partial charge in [0, 0.05) is 18.5 Å². The fraction of sp³-hybridized carbons (Fsp3) is 0.231. The first-order valence-electron chi connectivity index (χ1n) is 10.7. The molecule has 158 valence electrons. The second kappa shape index (κ2) is 9.94. The predicted octanol–water partition coefficient (Wildman–Crippen LogP) is 4.79. The molecule has 0 aliphatic heterocycles. The molecule has 1 aromatic heterocycles. The molecule has 0 saturated heterocycles. The third kappa shape index (κ3) is 5.31. The van der Waals surface area contributed by atoms with E-state index in [0.717, 1.165) is 47.6 Å². The molecule has 0 unspecified atom stereocenters. The molecule has 0 fully saturated rings. The molecule has 0 aliphatic carbocycles. The largest absolute Gasteiger partial charge is 0.492 e. The Morgan fingerprint density at radius 1 is 1.00 bits per heavy atom. The number of benzene rings is 3. The normalized spacial score (nSPS) is 10.9. The Morgan fingerprint density at radius 2 is 1.81 bits per heavy atom. The lowest BCUT2D eigenvalue weighted by atomic mass is 10.1. The van der Waals surface area contributed by atoms with Crippen molar-refractivity contribution in [3.63, 3.8) is 0 Å². The van der Waals surface area contributed by atoms with Gasteiger partial charge in [0.25, 0.3) is 5.91 Å². The molecule has 4 rings (SSSR count). The average Bonchev–Trinajstić information content (AvgIpc) is 3.15. The zero-order valence-electron chi connectivity index (χ0n) is 17.8. The number of fused-ring (bicyclic) bond motifs is 1. The van der Waals surface area contributed by atoms with E-state index in [1.165, 1.54) is 0 Å². The first-order chi connectivity index (χ1) is 15.2. The average molecular weight is 414 g/mol. The highest BCUT2D eigenvalue weighted by Gasteiger charge is 2.11. The number of carbonyl (C=O) groups is 1. The minimum Gasteiger partial charge on any atom is -0.492 e. The first kappa shape index (κ1) is 20.7. The molecule has 31 heavy (non-hydrogen) atoms. The zero-order chi connectivity index (χ0) is 21.5. The van der Waals surface area contributed by atoms with E-state index in [-0.39, 0.29) is 5.91 Å². The lowest BCUT2D eigenvalue weighted by Crippen LogP contribution is -2.25. The van der Waals surface area contributed by atoms with Crippen LogP contribution in [-0.4, -0.2) is 28.6 Å². The van der Waals surface area contributed by atoms with Crippen LogP contribution in [-0.2, 0) is 13.0 Å². The number of ether oxygens (including phenoxy) is 1. The Kier molecular flexibility index (Phi) is 6.62.